The minimum atomic E-state index is 0.182. The van der Waals surface area contributed by atoms with Gasteiger partial charge in [0.2, 0.25) is 0 Å². The molecule has 2 heteroatoms. The van der Waals surface area contributed by atoms with Crippen molar-refractivity contribution < 1.29 is 0 Å². The number of hydrogen-bond donors (Lipinski definition) is 1. The molecular formula is C16H24BrN. The van der Waals surface area contributed by atoms with Crippen LogP contribution in [0.1, 0.15) is 56.7 Å². The molecule has 1 fully saturated rings. The number of rotatable bonds is 2. The number of halogens is 1. The maximum Gasteiger partial charge on any atom is 0.0326 e. The van der Waals surface area contributed by atoms with Gasteiger partial charge in [-0.1, -0.05) is 48.3 Å². The summed E-state index contributed by atoms with van der Waals surface area (Å²) in [4.78, 5) is 0. The Labute approximate surface area is 119 Å². The van der Waals surface area contributed by atoms with Crippen LogP contribution in [0.3, 0.4) is 0 Å². The first kappa shape index (κ1) is 14.1. The van der Waals surface area contributed by atoms with Crippen molar-refractivity contribution in [2.45, 2.75) is 52.5 Å². The Morgan fingerprint density at radius 2 is 2.11 bits per heavy atom. The summed E-state index contributed by atoms with van der Waals surface area (Å²) in [6, 6.07) is 6.56. The molecule has 0 heterocycles. The highest BCUT2D eigenvalue weighted by molar-refractivity contribution is 9.10. The molecule has 0 radical (unpaired) electrons. The SMILES string of the molecule is Cc1c(Br)cccc1C(N)C1CCCC(C)(C)C1. The fraction of sp³-hybridized carbons (Fsp3) is 0.625. The highest BCUT2D eigenvalue weighted by Gasteiger charge is 2.32. The Kier molecular flexibility index (Phi) is 4.18. The van der Waals surface area contributed by atoms with Gasteiger partial charge in [0.1, 0.15) is 0 Å². The van der Waals surface area contributed by atoms with Gasteiger partial charge in [0, 0.05) is 10.5 Å². The minimum Gasteiger partial charge on any atom is -0.324 e. The Morgan fingerprint density at radius 1 is 1.39 bits per heavy atom. The first-order valence-electron chi connectivity index (χ1n) is 6.91. The van der Waals surface area contributed by atoms with Crippen LogP contribution in [-0.4, -0.2) is 0 Å². The van der Waals surface area contributed by atoms with E-state index in [1.165, 1.54) is 41.3 Å². The summed E-state index contributed by atoms with van der Waals surface area (Å²) in [6.07, 6.45) is 5.18. The van der Waals surface area contributed by atoms with Crippen LogP contribution in [0.15, 0.2) is 22.7 Å². The average molecular weight is 310 g/mol. The third kappa shape index (κ3) is 2.97. The molecule has 0 spiro atoms. The van der Waals surface area contributed by atoms with E-state index < -0.39 is 0 Å². The molecule has 1 aromatic rings. The zero-order valence-corrected chi connectivity index (χ0v) is 13.3. The van der Waals surface area contributed by atoms with Crippen LogP contribution in [0.25, 0.3) is 0 Å². The van der Waals surface area contributed by atoms with E-state index in [2.05, 4.69) is 54.9 Å². The summed E-state index contributed by atoms with van der Waals surface area (Å²) in [5.74, 6) is 0.627. The maximum atomic E-state index is 6.54. The largest absolute Gasteiger partial charge is 0.324 e. The third-order valence-corrected chi connectivity index (χ3v) is 5.28. The topological polar surface area (TPSA) is 26.0 Å². The summed E-state index contributed by atoms with van der Waals surface area (Å²) >= 11 is 3.61. The normalized spacial score (nSPS) is 24.8. The maximum absolute atomic E-state index is 6.54. The van der Waals surface area contributed by atoms with E-state index in [0.717, 1.165) is 0 Å². The Balaban J connectivity index is 2.20. The molecule has 0 bridgehead atoms. The molecule has 2 N–H and O–H groups in total. The van der Waals surface area contributed by atoms with Crippen molar-refractivity contribution in [2.75, 3.05) is 0 Å². The molecule has 2 atom stereocenters. The molecule has 2 rings (SSSR count). The van der Waals surface area contributed by atoms with Crippen LogP contribution in [0.5, 0.6) is 0 Å². The number of benzene rings is 1. The van der Waals surface area contributed by atoms with Gasteiger partial charge < -0.3 is 5.73 Å². The van der Waals surface area contributed by atoms with Crippen LogP contribution >= 0.6 is 15.9 Å². The molecule has 1 aromatic carbocycles. The molecule has 1 aliphatic carbocycles. The molecule has 0 saturated heterocycles. The predicted octanol–water partition coefficient (Wildman–Crippen LogP) is 4.97. The van der Waals surface area contributed by atoms with Gasteiger partial charge in [-0.2, -0.15) is 0 Å². The molecule has 18 heavy (non-hydrogen) atoms. The third-order valence-electron chi connectivity index (χ3n) is 4.42. The molecule has 0 aromatic heterocycles. The van der Waals surface area contributed by atoms with Crippen molar-refractivity contribution in [3.63, 3.8) is 0 Å². The number of nitrogens with two attached hydrogens (primary N) is 1. The van der Waals surface area contributed by atoms with Gasteiger partial charge >= 0.3 is 0 Å². The summed E-state index contributed by atoms with van der Waals surface area (Å²) in [5.41, 5.74) is 9.61. The van der Waals surface area contributed by atoms with Crippen molar-refractivity contribution in [3.8, 4) is 0 Å². The van der Waals surface area contributed by atoms with Gasteiger partial charge in [-0.3, -0.25) is 0 Å². The molecule has 1 nitrogen and oxygen atoms in total. The van der Waals surface area contributed by atoms with Crippen molar-refractivity contribution in [1.29, 1.82) is 0 Å². The first-order chi connectivity index (χ1) is 8.41. The summed E-state index contributed by atoms with van der Waals surface area (Å²) in [7, 11) is 0. The van der Waals surface area contributed by atoms with Crippen molar-refractivity contribution in [3.05, 3.63) is 33.8 Å². The molecule has 100 valence electrons. The zero-order valence-electron chi connectivity index (χ0n) is 11.7. The molecule has 0 amide bonds. The lowest BCUT2D eigenvalue weighted by Gasteiger charge is -2.38. The van der Waals surface area contributed by atoms with Crippen LogP contribution in [-0.2, 0) is 0 Å². The van der Waals surface area contributed by atoms with Gasteiger partial charge in [-0.05, 0) is 54.7 Å². The first-order valence-corrected chi connectivity index (χ1v) is 7.70. The van der Waals surface area contributed by atoms with E-state index in [0.29, 0.717) is 11.3 Å². The second-order valence-corrected chi connectivity index (χ2v) is 7.35. The van der Waals surface area contributed by atoms with E-state index in [4.69, 9.17) is 5.73 Å². The molecular weight excluding hydrogens is 286 g/mol. The highest BCUT2D eigenvalue weighted by atomic mass is 79.9. The van der Waals surface area contributed by atoms with Crippen molar-refractivity contribution >= 4 is 15.9 Å². The van der Waals surface area contributed by atoms with E-state index in [-0.39, 0.29) is 6.04 Å². The van der Waals surface area contributed by atoms with Gasteiger partial charge in [0.25, 0.3) is 0 Å². The second kappa shape index (κ2) is 5.34. The molecule has 1 aliphatic rings. The Morgan fingerprint density at radius 3 is 2.78 bits per heavy atom. The van der Waals surface area contributed by atoms with Crippen LogP contribution < -0.4 is 5.73 Å². The summed E-state index contributed by atoms with van der Waals surface area (Å²) in [5, 5.41) is 0. The monoisotopic (exact) mass is 309 g/mol. The predicted molar refractivity (Wildman–Crippen MR) is 81.5 cm³/mol. The minimum absolute atomic E-state index is 0.182. The van der Waals surface area contributed by atoms with Crippen molar-refractivity contribution in [2.24, 2.45) is 17.1 Å². The van der Waals surface area contributed by atoms with Crippen LogP contribution in [0.2, 0.25) is 0 Å². The lowest BCUT2D eigenvalue weighted by molar-refractivity contribution is 0.160. The zero-order chi connectivity index (χ0) is 13.3. The smallest absolute Gasteiger partial charge is 0.0326 e. The van der Waals surface area contributed by atoms with E-state index in [9.17, 15) is 0 Å². The summed E-state index contributed by atoms with van der Waals surface area (Å²) < 4.78 is 1.17. The molecule has 0 aliphatic heterocycles. The highest BCUT2D eigenvalue weighted by Crippen LogP contribution is 2.43. The lowest BCUT2D eigenvalue weighted by Crippen LogP contribution is -2.31. The second-order valence-electron chi connectivity index (χ2n) is 6.50. The number of hydrogen-bond acceptors (Lipinski definition) is 1. The van der Waals surface area contributed by atoms with Crippen LogP contribution in [0.4, 0.5) is 0 Å². The van der Waals surface area contributed by atoms with Gasteiger partial charge in [0.15, 0.2) is 0 Å². The summed E-state index contributed by atoms with van der Waals surface area (Å²) in [6.45, 7) is 6.91. The van der Waals surface area contributed by atoms with Gasteiger partial charge in [0.05, 0.1) is 0 Å². The van der Waals surface area contributed by atoms with Gasteiger partial charge in [-0.25, -0.2) is 0 Å². The molecule has 1 saturated carbocycles. The Bertz CT molecular complexity index is 425. The van der Waals surface area contributed by atoms with E-state index in [1.54, 1.807) is 0 Å². The Hall–Kier alpha value is -0.340. The lowest BCUT2D eigenvalue weighted by atomic mass is 9.69. The molecule has 2 unspecified atom stereocenters. The quantitative estimate of drug-likeness (QED) is 0.819. The van der Waals surface area contributed by atoms with E-state index >= 15 is 0 Å². The van der Waals surface area contributed by atoms with Gasteiger partial charge in [-0.15, -0.1) is 0 Å². The van der Waals surface area contributed by atoms with Crippen molar-refractivity contribution in [1.82, 2.24) is 0 Å². The van der Waals surface area contributed by atoms with Crippen LogP contribution in [0, 0.1) is 18.3 Å². The fourth-order valence-electron chi connectivity index (χ4n) is 3.30. The fourth-order valence-corrected chi connectivity index (χ4v) is 3.68. The standard InChI is InChI=1S/C16H24BrN/c1-11-13(7-4-8-14(11)17)15(18)12-6-5-9-16(2,3)10-12/h4,7-8,12,15H,5-6,9-10,18H2,1-3H3. The average Bonchev–Trinajstić information content (AvgIpc) is 2.30. The van der Waals surface area contributed by atoms with E-state index in [1.807, 2.05) is 0 Å².